The fraction of sp³-hybridized carbons (Fsp3) is 0. The lowest BCUT2D eigenvalue weighted by molar-refractivity contribution is -0.114. The average molecular weight is 795 g/mol. The third kappa shape index (κ3) is 7.54. The van der Waals surface area contributed by atoms with E-state index in [9.17, 15) is 18.0 Å². The first-order chi connectivity index (χ1) is 27.1. The molecular formula is C44H29Cl2N5O4S. The number of aliphatic imine (C=N–C) groups is 2. The number of carbonyl (C=O) groups is 2. The van der Waals surface area contributed by atoms with Crippen LogP contribution >= 0.6 is 23.2 Å². The Morgan fingerprint density at radius 3 is 1.30 bits per heavy atom. The number of anilines is 3. The van der Waals surface area contributed by atoms with Gasteiger partial charge >= 0.3 is 0 Å². The van der Waals surface area contributed by atoms with Crippen molar-refractivity contribution in [1.29, 1.82) is 0 Å². The second-order valence-corrected chi connectivity index (χ2v) is 15.2. The Morgan fingerprint density at radius 1 is 0.500 bits per heavy atom. The molecule has 0 aliphatic carbocycles. The Balaban J connectivity index is 1.03. The molecule has 0 spiro atoms. The molecule has 0 aromatic heterocycles. The van der Waals surface area contributed by atoms with Crippen LogP contribution in [0.15, 0.2) is 184 Å². The van der Waals surface area contributed by atoms with Gasteiger partial charge in [-0.1, -0.05) is 108 Å². The number of hydrogen-bond acceptors (Lipinski definition) is 6. The summed E-state index contributed by atoms with van der Waals surface area (Å²) < 4.78 is 29.8. The third-order valence-electron chi connectivity index (χ3n) is 8.91. The van der Waals surface area contributed by atoms with Crippen LogP contribution in [0.1, 0.15) is 22.3 Å². The number of amides is 2. The molecule has 56 heavy (non-hydrogen) atoms. The number of hydrogen-bond donors (Lipinski definition) is 1. The minimum Gasteiger partial charge on any atom is -0.280 e. The molecule has 6 aromatic rings. The number of amidine groups is 2. The summed E-state index contributed by atoms with van der Waals surface area (Å²) in [5, 5.41) is 1.15. The van der Waals surface area contributed by atoms with Gasteiger partial charge in [0.15, 0.2) is 0 Å². The van der Waals surface area contributed by atoms with Gasteiger partial charge in [0.2, 0.25) is 0 Å². The van der Waals surface area contributed by atoms with E-state index in [4.69, 9.17) is 28.2 Å². The molecule has 12 heteroatoms. The van der Waals surface area contributed by atoms with Gasteiger partial charge in [-0.2, -0.15) is 0 Å². The molecule has 0 fully saturated rings. The molecule has 0 saturated carbocycles. The monoisotopic (exact) mass is 793 g/mol. The number of benzene rings is 6. The zero-order valence-electron chi connectivity index (χ0n) is 29.3. The van der Waals surface area contributed by atoms with Gasteiger partial charge in [0.25, 0.3) is 21.8 Å². The van der Waals surface area contributed by atoms with Crippen LogP contribution in [0.3, 0.4) is 0 Å². The number of nitrogens with one attached hydrogen (secondary N) is 1. The first kappa shape index (κ1) is 36.4. The predicted octanol–water partition coefficient (Wildman–Crippen LogP) is 9.46. The number of halogens is 2. The molecule has 0 unspecified atom stereocenters. The van der Waals surface area contributed by atoms with Gasteiger partial charge in [-0.05, 0) is 96.1 Å². The molecule has 0 bridgehead atoms. The maximum Gasteiger partial charge on any atom is 0.282 e. The van der Waals surface area contributed by atoms with E-state index in [2.05, 4.69) is 9.71 Å². The first-order valence-electron chi connectivity index (χ1n) is 17.3. The van der Waals surface area contributed by atoms with Crippen molar-refractivity contribution < 1.29 is 18.0 Å². The minimum atomic E-state index is -4.06. The maximum absolute atomic E-state index is 13.8. The molecule has 1 N–H and O–H groups in total. The molecule has 2 amide bonds. The molecule has 0 atom stereocenters. The highest BCUT2D eigenvalue weighted by molar-refractivity contribution is 7.92. The quantitative estimate of drug-likeness (QED) is 0.147. The van der Waals surface area contributed by atoms with Crippen molar-refractivity contribution in [3.8, 4) is 0 Å². The Morgan fingerprint density at radius 2 is 0.893 bits per heavy atom. The molecule has 2 heterocycles. The second-order valence-electron chi connectivity index (χ2n) is 12.7. The van der Waals surface area contributed by atoms with Crippen LogP contribution in [0.4, 0.5) is 17.1 Å². The smallest absolute Gasteiger partial charge is 0.280 e. The zero-order chi connectivity index (χ0) is 38.8. The Hall–Kier alpha value is -6.59. The molecule has 0 saturated heterocycles. The van der Waals surface area contributed by atoms with Gasteiger partial charge in [-0.15, -0.1) is 0 Å². The number of rotatable bonds is 9. The fourth-order valence-corrected chi connectivity index (χ4v) is 7.49. The van der Waals surface area contributed by atoms with Gasteiger partial charge in [0.05, 0.1) is 16.3 Å². The van der Waals surface area contributed by atoms with Crippen molar-refractivity contribution in [3.63, 3.8) is 0 Å². The van der Waals surface area contributed by atoms with E-state index in [1.807, 2.05) is 60.7 Å². The van der Waals surface area contributed by atoms with E-state index in [0.717, 1.165) is 16.7 Å². The van der Waals surface area contributed by atoms with E-state index < -0.39 is 10.0 Å². The average Bonchev–Trinajstić information content (AvgIpc) is 3.72. The van der Waals surface area contributed by atoms with Crippen LogP contribution in [0.25, 0.3) is 12.2 Å². The van der Waals surface area contributed by atoms with E-state index in [1.54, 1.807) is 97.1 Å². The largest absolute Gasteiger partial charge is 0.282 e. The predicted molar refractivity (Wildman–Crippen MR) is 223 cm³/mol. The van der Waals surface area contributed by atoms with Crippen molar-refractivity contribution in [1.82, 2.24) is 0 Å². The van der Waals surface area contributed by atoms with Crippen LogP contribution in [0.2, 0.25) is 10.0 Å². The summed E-state index contributed by atoms with van der Waals surface area (Å²) in [5.74, 6) is 0.150. The number of sulfonamides is 1. The molecule has 274 valence electrons. The third-order valence-corrected chi connectivity index (χ3v) is 10.8. The number of carbonyl (C=O) groups excluding carboxylic acids is 2. The highest BCUT2D eigenvalue weighted by atomic mass is 35.5. The molecule has 0 radical (unpaired) electrons. The molecule has 9 nitrogen and oxygen atoms in total. The van der Waals surface area contributed by atoms with Crippen molar-refractivity contribution in [2.45, 2.75) is 4.90 Å². The topological polar surface area (TPSA) is 112 Å². The van der Waals surface area contributed by atoms with Crippen LogP contribution in [0.5, 0.6) is 0 Å². The fourth-order valence-electron chi connectivity index (χ4n) is 6.17. The lowest BCUT2D eigenvalue weighted by atomic mass is 10.1. The summed E-state index contributed by atoms with van der Waals surface area (Å²) in [4.78, 5) is 39.9. The molecule has 8 rings (SSSR count). The Labute approximate surface area is 333 Å². The van der Waals surface area contributed by atoms with Crippen LogP contribution in [-0.4, -0.2) is 31.9 Å². The molecular weight excluding hydrogens is 765 g/mol. The van der Waals surface area contributed by atoms with Gasteiger partial charge in [0, 0.05) is 26.9 Å². The van der Waals surface area contributed by atoms with Gasteiger partial charge < -0.3 is 0 Å². The summed E-state index contributed by atoms with van der Waals surface area (Å²) in [7, 11) is -4.06. The molecule has 2 aliphatic heterocycles. The van der Waals surface area contributed by atoms with E-state index in [1.165, 1.54) is 21.9 Å². The highest BCUT2D eigenvalue weighted by Gasteiger charge is 2.34. The van der Waals surface area contributed by atoms with Gasteiger partial charge in [-0.25, -0.2) is 18.4 Å². The van der Waals surface area contributed by atoms with Crippen LogP contribution in [-0.2, 0) is 19.6 Å². The van der Waals surface area contributed by atoms with Crippen LogP contribution < -0.4 is 14.5 Å². The maximum atomic E-state index is 13.8. The number of nitrogens with zero attached hydrogens (tertiary/aromatic N) is 4. The SMILES string of the molecule is O=C1/C(=C/c2ccc(Cl)cc2)N=C(c2ccccc2)N1c1ccc(NS(=O)(=O)c2ccc(N3C(=O)/C(=C/c4ccc(Cl)cc4)N=C3c3ccccc3)cc2)cc1. The summed E-state index contributed by atoms with van der Waals surface area (Å²) in [6.07, 6.45) is 3.38. The van der Waals surface area contributed by atoms with Crippen molar-refractivity contribution in [3.05, 3.63) is 201 Å². The van der Waals surface area contributed by atoms with Crippen molar-refractivity contribution >= 4 is 85.9 Å². The van der Waals surface area contributed by atoms with Gasteiger partial charge in [0.1, 0.15) is 23.1 Å². The lowest BCUT2D eigenvalue weighted by Crippen LogP contribution is -2.32. The van der Waals surface area contributed by atoms with Crippen LogP contribution in [0, 0.1) is 0 Å². The Bertz CT molecular complexity index is 2700. The standard InChI is InChI=1S/C44H29Cl2N5O4S/c45-33-15-11-29(12-16-33)27-39-43(52)50(41(47-39)31-7-3-1-4-8-31)36-21-19-35(20-22-36)49-56(54,55)38-25-23-37(24-26-38)51-42(32-9-5-2-6-10-32)48-40(44(51)53)28-30-13-17-34(46)18-14-30/h1-28,49H/b39-27-,40-28-. The van der Waals surface area contributed by atoms with Crippen molar-refractivity contribution in [2.75, 3.05) is 14.5 Å². The molecule has 2 aliphatic rings. The normalized spacial score (nSPS) is 15.8. The minimum absolute atomic E-state index is 0.0164. The molecule has 6 aromatic carbocycles. The first-order valence-corrected chi connectivity index (χ1v) is 19.5. The van der Waals surface area contributed by atoms with E-state index in [0.29, 0.717) is 38.7 Å². The highest BCUT2D eigenvalue weighted by Crippen LogP contribution is 2.32. The summed E-state index contributed by atoms with van der Waals surface area (Å²) in [6, 6.07) is 45.2. The second kappa shape index (κ2) is 15.3. The van der Waals surface area contributed by atoms with Crippen molar-refractivity contribution in [2.24, 2.45) is 9.98 Å². The summed E-state index contributed by atoms with van der Waals surface area (Å²) in [5.41, 5.74) is 4.66. The van der Waals surface area contributed by atoms with E-state index in [-0.39, 0.29) is 33.8 Å². The van der Waals surface area contributed by atoms with Gasteiger partial charge in [-0.3, -0.25) is 24.1 Å². The lowest BCUT2D eigenvalue weighted by Gasteiger charge is -2.20. The zero-order valence-corrected chi connectivity index (χ0v) is 31.6. The van der Waals surface area contributed by atoms with E-state index >= 15 is 0 Å². The summed E-state index contributed by atoms with van der Waals surface area (Å²) in [6.45, 7) is 0. The summed E-state index contributed by atoms with van der Waals surface area (Å²) >= 11 is 12.1. The Kier molecular flexibility index (Phi) is 9.92.